The fourth-order valence-electron chi connectivity index (χ4n) is 3.05. The molecule has 0 spiro atoms. The van der Waals surface area contributed by atoms with Crippen LogP contribution in [0, 0.1) is 0 Å². The van der Waals surface area contributed by atoms with Crippen molar-refractivity contribution in [3.8, 4) is 11.1 Å². The summed E-state index contributed by atoms with van der Waals surface area (Å²) < 4.78 is 0.601. The van der Waals surface area contributed by atoms with Crippen molar-refractivity contribution >= 4 is 52.5 Å². The Bertz CT molecular complexity index is 1040. The maximum absolute atomic E-state index is 4.23. The first kappa shape index (κ1) is 18.5. The van der Waals surface area contributed by atoms with Crippen LogP contribution < -0.4 is 15.9 Å². The van der Waals surface area contributed by atoms with E-state index in [0.29, 0.717) is 4.73 Å². The van der Waals surface area contributed by atoms with Crippen LogP contribution in [0.3, 0.4) is 0 Å². The summed E-state index contributed by atoms with van der Waals surface area (Å²) >= 11 is 6.87. The Morgan fingerprint density at radius 3 is 1.52 bits per heavy atom. The van der Waals surface area contributed by atoms with Crippen molar-refractivity contribution in [2.24, 2.45) is 0 Å². The topological polar surface area (TPSA) is 25.8 Å². The maximum atomic E-state index is 4.23. The molecule has 0 saturated carbocycles. The van der Waals surface area contributed by atoms with Gasteiger partial charge in [-0.1, -0.05) is 0 Å². The SMILES string of the molecule is [Se]=P(c1ccccc1)(c1ccccc1)c1ccc(-c2cnc(Br)nc2)cc1. The molecule has 4 aromatic rings. The van der Waals surface area contributed by atoms with Crippen LogP contribution in [0.2, 0.25) is 0 Å². The van der Waals surface area contributed by atoms with Crippen molar-refractivity contribution in [2.45, 2.75) is 0 Å². The van der Waals surface area contributed by atoms with E-state index in [2.05, 4.69) is 126 Å². The molecular weight excluding hydrogens is 482 g/mol. The van der Waals surface area contributed by atoms with Crippen molar-refractivity contribution in [1.29, 1.82) is 0 Å². The molecule has 3 aromatic carbocycles. The molecule has 0 fully saturated rings. The van der Waals surface area contributed by atoms with Gasteiger partial charge in [0, 0.05) is 0 Å². The van der Waals surface area contributed by atoms with Gasteiger partial charge in [-0.2, -0.15) is 0 Å². The summed E-state index contributed by atoms with van der Waals surface area (Å²) in [5.74, 6) is 0. The van der Waals surface area contributed by atoms with E-state index in [1.54, 1.807) is 0 Å². The quantitative estimate of drug-likeness (QED) is 0.239. The van der Waals surface area contributed by atoms with Gasteiger partial charge in [-0.05, 0) is 0 Å². The van der Waals surface area contributed by atoms with Gasteiger partial charge in [0.05, 0.1) is 0 Å². The Morgan fingerprint density at radius 1 is 0.593 bits per heavy atom. The predicted molar refractivity (Wildman–Crippen MR) is 120 cm³/mol. The monoisotopic (exact) mass is 498 g/mol. The summed E-state index contributed by atoms with van der Waals surface area (Å²) in [4.78, 5) is 8.46. The molecule has 27 heavy (non-hydrogen) atoms. The molecule has 0 bridgehead atoms. The molecule has 4 rings (SSSR count). The minimum absolute atomic E-state index is 0.601. The van der Waals surface area contributed by atoms with Gasteiger partial charge in [-0.15, -0.1) is 0 Å². The zero-order valence-corrected chi connectivity index (χ0v) is 18.6. The molecule has 0 radical (unpaired) electrons. The van der Waals surface area contributed by atoms with E-state index in [4.69, 9.17) is 0 Å². The number of rotatable bonds is 4. The molecule has 2 nitrogen and oxygen atoms in total. The van der Waals surface area contributed by atoms with Gasteiger partial charge in [0.15, 0.2) is 0 Å². The van der Waals surface area contributed by atoms with Gasteiger partial charge in [0.2, 0.25) is 0 Å². The minimum atomic E-state index is -1.81. The summed E-state index contributed by atoms with van der Waals surface area (Å²) in [6, 6.07) is 30.2. The van der Waals surface area contributed by atoms with Gasteiger partial charge in [0.25, 0.3) is 0 Å². The number of hydrogen-bond acceptors (Lipinski definition) is 2. The molecule has 0 N–H and O–H groups in total. The van der Waals surface area contributed by atoms with Crippen molar-refractivity contribution in [3.63, 3.8) is 0 Å². The second kappa shape index (κ2) is 8.04. The second-order valence-electron chi connectivity index (χ2n) is 6.07. The molecule has 132 valence electrons. The zero-order chi connectivity index (χ0) is 18.7. The first-order chi connectivity index (χ1) is 13.2. The van der Waals surface area contributed by atoms with E-state index >= 15 is 0 Å². The van der Waals surface area contributed by atoms with Crippen molar-refractivity contribution in [1.82, 2.24) is 9.97 Å². The van der Waals surface area contributed by atoms with Crippen LogP contribution in [0.5, 0.6) is 0 Å². The van der Waals surface area contributed by atoms with E-state index in [-0.39, 0.29) is 0 Å². The molecule has 0 atom stereocenters. The number of benzene rings is 3. The molecule has 1 aromatic heterocycles. The molecule has 0 amide bonds. The van der Waals surface area contributed by atoms with Crippen molar-refractivity contribution < 1.29 is 0 Å². The second-order valence-corrected chi connectivity index (χ2v) is 13.0. The molecular formula is C22H16BrN2PSe. The third kappa shape index (κ3) is 3.77. The number of nitrogens with zero attached hydrogens (tertiary/aromatic N) is 2. The Hall–Kier alpha value is -1.83. The Balaban J connectivity index is 1.82. The Kier molecular flexibility index (Phi) is 5.52. The average molecular weight is 498 g/mol. The molecule has 0 saturated heterocycles. The van der Waals surface area contributed by atoms with Gasteiger partial charge in [-0.3, -0.25) is 0 Å². The number of aromatic nitrogens is 2. The van der Waals surface area contributed by atoms with Crippen LogP contribution in [-0.4, -0.2) is 25.1 Å². The summed E-state index contributed by atoms with van der Waals surface area (Å²) in [7, 11) is 0. The molecule has 1 heterocycles. The molecule has 5 heteroatoms. The Labute approximate surface area is 175 Å². The summed E-state index contributed by atoms with van der Waals surface area (Å²) in [5, 5.41) is 3.97. The number of halogens is 1. The molecule has 0 aliphatic carbocycles. The van der Waals surface area contributed by atoms with Crippen LogP contribution >= 0.6 is 21.4 Å². The van der Waals surface area contributed by atoms with Crippen LogP contribution in [0.4, 0.5) is 0 Å². The average Bonchev–Trinajstić information content (AvgIpc) is 2.75. The fraction of sp³-hybridized carbons (Fsp3) is 0. The van der Waals surface area contributed by atoms with E-state index in [1.807, 2.05) is 12.4 Å². The van der Waals surface area contributed by atoms with Gasteiger partial charge in [-0.25, -0.2) is 0 Å². The van der Waals surface area contributed by atoms with Gasteiger partial charge >= 0.3 is 176 Å². The fourth-order valence-corrected chi connectivity index (χ4v) is 8.20. The molecule has 0 unspecified atom stereocenters. The third-order valence-corrected chi connectivity index (χ3v) is 11.9. The van der Waals surface area contributed by atoms with E-state index in [0.717, 1.165) is 11.1 Å². The summed E-state index contributed by atoms with van der Waals surface area (Å²) in [6.07, 6.45) is 3.67. The van der Waals surface area contributed by atoms with E-state index in [1.165, 1.54) is 15.9 Å². The van der Waals surface area contributed by atoms with Crippen molar-refractivity contribution in [2.75, 3.05) is 0 Å². The normalized spacial score (nSPS) is 11.3. The standard InChI is InChI=1S/C22H16BrN2PSe/c23-22-24-15-18(16-25-22)17-11-13-21(14-12-17)26(27,19-7-3-1-4-8-19)20-9-5-2-6-10-20/h1-16H. The first-order valence-corrected chi connectivity index (χ1v) is 13.3. The third-order valence-electron chi connectivity index (χ3n) is 4.42. The number of hydrogen-bond donors (Lipinski definition) is 0. The summed E-state index contributed by atoms with van der Waals surface area (Å²) in [6.45, 7) is 0. The molecule has 0 aliphatic heterocycles. The predicted octanol–water partition coefficient (Wildman–Crippen LogP) is 4.28. The van der Waals surface area contributed by atoms with Crippen LogP contribution in [0.15, 0.2) is 102 Å². The molecule has 0 aliphatic rings. The van der Waals surface area contributed by atoms with Crippen LogP contribution in [0.1, 0.15) is 0 Å². The van der Waals surface area contributed by atoms with Gasteiger partial charge in [0.1, 0.15) is 0 Å². The van der Waals surface area contributed by atoms with Crippen LogP contribution in [-0.2, 0) is 0 Å². The van der Waals surface area contributed by atoms with E-state index < -0.39 is 5.51 Å². The van der Waals surface area contributed by atoms with E-state index in [9.17, 15) is 0 Å². The Morgan fingerprint density at radius 2 is 1.04 bits per heavy atom. The van der Waals surface area contributed by atoms with Crippen molar-refractivity contribution in [3.05, 3.63) is 102 Å². The van der Waals surface area contributed by atoms with Crippen LogP contribution in [0.25, 0.3) is 11.1 Å². The van der Waals surface area contributed by atoms with Gasteiger partial charge < -0.3 is 0 Å². The zero-order valence-electron chi connectivity index (χ0n) is 14.4. The first-order valence-electron chi connectivity index (χ1n) is 8.48. The summed E-state index contributed by atoms with van der Waals surface area (Å²) in [5.41, 5.74) is 0.308.